The molecule has 2 saturated heterocycles. The molecule has 3 atom stereocenters. The largest absolute Gasteiger partial charge is 0.381 e. The fourth-order valence-corrected chi connectivity index (χ4v) is 3.05. The van der Waals surface area contributed by atoms with Crippen LogP contribution in [0.5, 0.6) is 0 Å². The van der Waals surface area contributed by atoms with E-state index in [9.17, 15) is 0 Å². The van der Waals surface area contributed by atoms with Crippen molar-refractivity contribution in [2.45, 2.75) is 45.1 Å². The van der Waals surface area contributed by atoms with E-state index in [0.717, 1.165) is 56.7 Å². The minimum atomic E-state index is 0.250. The molecule has 2 fully saturated rings. The van der Waals surface area contributed by atoms with Crippen LogP contribution in [-0.2, 0) is 11.2 Å². The zero-order valence-electron chi connectivity index (χ0n) is 11.6. The number of nitrogens with one attached hydrogen (secondary N) is 1. The number of hydrogen-bond donors (Lipinski definition) is 1. The molecule has 1 N–H and O–H groups in total. The van der Waals surface area contributed by atoms with Crippen LogP contribution in [0.15, 0.2) is 4.52 Å². The van der Waals surface area contributed by atoms with Gasteiger partial charge in [0.05, 0.1) is 6.04 Å². The van der Waals surface area contributed by atoms with E-state index in [4.69, 9.17) is 9.26 Å². The van der Waals surface area contributed by atoms with Crippen LogP contribution >= 0.6 is 0 Å². The third-order valence-electron chi connectivity index (χ3n) is 4.37. The molecule has 2 aliphatic heterocycles. The first-order chi connectivity index (χ1) is 9.35. The van der Waals surface area contributed by atoms with Crippen molar-refractivity contribution in [1.82, 2.24) is 15.5 Å². The number of aromatic nitrogens is 2. The Balaban J connectivity index is 1.60. The highest BCUT2D eigenvalue weighted by molar-refractivity contribution is 4.96. The predicted molar refractivity (Wildman–Crippen MR) is 70.7 cm³/mol. The van der Waals surface area contributed by atoms with Crippen LogP contribution in [0.2, 0.25) is 0 Å². The molecule has 0 aromatic carbocycles. The highest BCUT2D eigenvalue weighted by Gasteiger charge is 2.27. The highest BCUT2D eigenvalue weighted by atomic mass is 16.5. The number of piperidine rings is 1. The first kappa shape index (κ1) is 13.1. The molecule has 5 nitrogen and oxygen atoms in total. The Hall–Kier alpha value is -0.940. The fourth-order valence-electron chi connectivity index (χ4n) is 3.05. The summed E-state index contributed by atoms with van der Waals surface area (Å²) in [7, 11) is 0. The Morgan fingerprint density at radius 2 is 2.26 bits per heavy atom. The molecule has 3 heterocycles. The number of ether oxygens (including phenoxy) is 1. The second kappa shape index (κ2) is 6.01. The van der Waals surface area contributed by atoms with Gasteiger partial charge in [-0.2, -0.15) is 4.98 Å². The van der Waals surface area contributed by atoms with E-state index in [1.165, 1.54) is 12.8 Å². The zero-order valence-corrected chi connectivity index (χ0v) is 11.6. The normalized spacial score (nSPS) is 31.7. The van der Waals surface area contributed by atoms with Crippen molar-refractivity contribution in [3.05, 3.63) is 11.7 Å². The second-order valence-electron chi connectivity index (χ2n) is 5.79. The minimum Gasteiger partial charge on any atom is -0.381 e. The molecule has 0 bridgehead atoms. The molecule has 0 spiro atoms. The third-order valence-corrected chi connectivity index (χ3v) is 4.37. The summed E-state index contributed by atoms with van der Waals surface area (Å²) in [5.41, 5.74) is 0. The maximum Gasteiger partial charge on any atom is 0.243 e. The Kier molecular flexibility index (Phi) is 4.13. The summed E-state index contributed by atoms with van der Waals surface area (Å²) in [6.45, 7) is 5.02. The lowest BCUT2D eigenvalue weighted by Crippen LogP contribution is -2.31. The molecule has 106 valence electrons. The van der Waals surface area contributed by atoms with Gasteiger partial charge in [-0.1, -0.05) is 18.5 Å². The molecule has 0 aliphatic carbocycles. The summed E-state index contributed by atoms with van der Waals surface area (Å²) in [5, 5.41) is 7.61. The van der Waals surface area contributed by atoms with Gasteiger partial charge >= 0.3 is 0 Å². The Bertz CT molecular complexity index is 401. The number of hydrogen-bond acceptors (Lipinski definition) is 5. The van der Waals surface area contributed by atoms with Crippen LogP contribution in [0.25, 0.3) is 0 Å². The standard InChI is InChI=1S/C14H23N3O2/c1-2-10-3-5-15-12(7-10)14-16-13(17-19-14)8-11-4-6-18-9-11/h10-12,15H,2-9H2,1H3. The Labute approximate surface area is 114 Å². The smallest absolute Gasteiger partial charge is 0.243 e. The van der Waals surface area contributed by atoms with E-state index in [1.54, 1.807) is 0 Å². The topological polar surface area (TPSA) is 60.2 Å². The molecular formula is C14H23N3O2. The highest BCUT2D eigenvalue weighted by Crippen LogP contribution is 2.28. The van der Waals surface area contributed by atoms with E-state index in [0.29, 0.717) is 5.92 Å². The molecule has 0 radical (unpaired) electrons. The van der Waals surface area contributed by atoms with E-state index in [-0.39, 0.29) is 6.04 Å². The summed E-state index contributed by atoms with van der Waals surface area (Å²) in [6.07, 6.45) is 5.60. The Morgan fingerprint density at radius 3 is 3.05 bits per heavy atom. The third kappa shape index (κ3) is 3.15. The molecule has 2 aliphatic rings. The zero-order chi connectivity index (χ0) is 13.1. The summed E-state index contributed by atoms with van der Waals surface area (Å²) < 4.78 is 10.8. The van der Waals surface area contributed by atoms with Crippen LogP contribution in [-0.4, -0.2) is 29.9 Å². The van der Waals surface area contributed by atoms with Crippen molar-refractivity contribution >= 4 is 0 Å². The van der Waals surface area contributed by atoms with Gasteiger partial charge in [0.2, 0.25) is 5.89 Å². The molecule has 0 saturated carbocycles. The van der Waals surface area contributed by atoms with Crippen molar-refractivity contribution in [3.8, 4) is 0 Å². The van der Waals surface area contributed by atoms with Gasteiger partial charge in [-0.25, -0.2) is 0 Å². The van der Waals surface area contributed by atoms with E-state index in [1.807, 2.05) is 0 Å². The van der Waals surface area contributed by atoms with Gasteiger partial charge in [0.1, 0.15) is 0 Å². The lowest BCUT2D eigenvalue weighted by Gasteiger charge is -2.27. The molecule has 1 aromatic rings. The molecular weight excluding hydrogens is 242 g/mol. The van der Waals surface area contributed by atoms with E-state index < -0.39 is 0 Å². The molecule has 3 rings (SSSR count). The average molecular weight is 265 g/mol. The van der Waals surface area contributed by atoms with Gasteiger partial charge in [0, 0.05) is 19.6 Å². The first-order valence-corrected chi connectivity index (χ1v) is 7.48. The molecule has 5 heteroatoms. The lowest BCUT2D eigenvalue weighted by molar-refractivity contribution is 0.185. The molecule has 1 aromatic heterocycles. The van der Waals surface area contributed by atoms with Crippen molar-refractivity contribution < 1.29 is 9.26 Å². The fraction of sp³-hybridized carbons (Fsp3) is 0.857. The number of nitrogens with zero attached hydrogens (tertiary/aromatic N) is 2. The molecule has 3 unspecified atom stereocenters. The van der Waals surface area contributed by atoms with Crippen LogP contribution in [0.3, 0.4) is 0 Å². The lowest BCUT2D eigenvalue weighted by atomic mass is 9.90. The van der Waals surface area contributed by atoms with Gasteiger partial charge < -0.3 is 14.6 Å². The molecule has 19 heavy (non-hydrogen) atoms. The summed E-state index contributed by atoms with van der Waals surface area (Å²) in [6, 6.07) is 0.250. The van der Waals surface area contributed by atoms with Crippen molar-refractivity contribution in [2.24, 2.45) is 11.8 Å². The molecule has 0 amide bonds. The van der Waals surface area contributed by atoms with E-state index >= 15 is 0 Å². The summed E-state index contributed by atoms with van der Waals surface area (Å²) in [5.74, 6) is 2.95. The predicted octanol–water partition coefficient (Wildman–Crippen LogP) is 2.10. The van der Waals surface area contributed by atoms with Crippen LogP contribution in [0.4, 0.5) is 0 Å². The SMILES string of the molecule is CCC1CCNC(c2nc(CC3CCOC3)no2)C1. The van der Waals surface area contributed by atoms with Crippen molar-refractivity contribution in [1.29, 1.82) is 0 Å². The second-order valence-corrected chi connectivity index (χ2v) is 5.79. The first-order valence-electron chi connectivity index (χ1n) is 7.48. The van der Waals surface area contributed by atoms with Crippen LogP contribution in [0.1, 0.15) is 50.4 Å². The van der Waals surface area contributed by atoms with Crippen LogP contribution in [0, 0.1) is 11.8 Å². The van der Waals surface area contributed by atoms with Crippen molar-refractivity contribution in [2.75, 3.05) is 19.8 Å². The monoisotopic (exact) mass is 265 g/mol. The van der Waals surface area contributed by atoms with Gasteiger partial charge in [0.15, 0.2) is 5.82 Å². The summed E-state index contributed by atoms with van der Waals surface area (Å²) >= 11 is 0. The Morgan fingerprint density at radius 1 is 1.32 bits per heavy atom. The minimum absolute atomic E-state index is 0.250. The maximum absolute atomic E-state index is 5.44. The van der Waals surface area contributed by atoms with E-state index in [2.05, 4.69) is 22.4 Å². The van der Waals surface area contributed by atoms with Gasteiger partial charge in [-0.15, -0.1) is 0 Å². The maximum atomic E-state index is 5.44. The number of rotatable bonds is 4. The summed E-state index contributed by atoms with van der Waals surface area (Å²) in [4.78, 5) is 4.57. The quantitative estimate of drug-likeness (QED) is 0.903. The average Bonchev–Trinajstić information content (AvgIpc) is 3.11. The van der Waals surface area contributed by atoms with Crippen LogP contribution < -0.4 is 5.32 Å². The van der Waals surface area contributed by atoms with Crippen molar-refractivity contribution in [3.63, 3.8) is 0 Å². The van der Waals surface area contributed by atoms with Gasteiger partial charge in [-0.3, -0.25) is 0 Å². The van der Waals surface area contributed by atoms with Gasteiger partial charge in [-0.05, 0) is 37.6 Å². The van der Waals surface area contributed by atoms with Gasteiger partial charge in [0.25, 0.3) is 0 Å².